The zero-order chi connectivity index (χ0) is 15.9. The predicted octanol–water partition coefficient (Wildman–Crippen LogP) is 2.28. The molecule has 7 heteroatoms. The van der Waals surface area contributed by atoms with Gasteiger partial charge in [0.2, 0.25) is 5.91 Å². The van der Waals surface area contributed by atoms with E-state index in [2.05, 4.69) is 5.32 Å². The van der Waals surface area contributed by atoms with Crippen LogP contribution in [0.25, 0.3) is 0 Å². The van der Waals surface area contributed by atoms with Crippen LogP contribution in [0.1, 0.15) is 19.3 Å². The van der Waals surface area contributed by atoms with Crippen molar-refractivity contribution in [1.82, 2.24) is 0 Å². The topological polar surface area (TPSA) is 110 Å². The average Bonchev–Trinajstić information content (AvgIpc) is 3.08. The molecule has 2 N–H and O–H groups in total. The molecule has 4 atom stereocenters. The first-order valence-corrected chi connectivity index (χ1v) is 7.25. The second-order valence-corrected chi connectivity index (χ2v) is 6.02. The lowest BCUT2D eigenvalue weighted by Crippen LogP contribution is -2.37. The lowest BCUT2D eigenvalue weighted by atomic mass is 9.78. The normalized spacial score (nSPS) is 29.3. The molecule has 116 valence electrons. The van der Waals surface area contributed by atoms with E-state index in [0.717, 1.165) is 19.3 Å². The Balaban J connectivity index is 1.73. The minimum atomic E-state index is -0.906. The second kappa shape index (κ2) is 5.40. The van der Waals surface area contributed by atoms with Crippen LogP contribution in [0.15, 0.2) is 24.3 Å². The molecule has 0 unspecified atom stereocenters. The fourth-order valence-corrected chi connectivity index (χ4v) is 3.92. The zero-order valence-corrected chi connectivity index (χ0v) is 11.8. The van der Waals surface area contributed by atoms with Crippen molar-refractivity contribution in [3.63, 3.8) is 0 Å². The van der Waals surface area contributed by atoms with Gasteiger partial charge in [-0.1, -0.05) is 0 Å². The van der Waals surface area contributed by atoms with Crippen molar-refractivity contribution in [2.45, 2.75) is 19.3 Å². The van der Waals surface area contributed by atoms with Crippen molar-refractivity contribution in [1.29, 1.82) is 0 Å². The number of nitro groups is 1. The van der Waals surface area contributed by atoms with Gasteiger partial charge in [-0.25, -0.2) is 0 Å². The van der Waals surface area contributed by atoms with E-state index in [0.29, 0.717) is 5.69 Å². The number of fused-ring (bicyclic) bond motifs is 2. The molecule has 0 spiro atoms. The van der Waals surface area contributed by atoms with Gasteiger partial charge in [0.25, 0.3) is 5.69 Å². The summed E-state index contributed by atoms with van der Waals surface area (Å²) in [6, 6.07) is 5.54. The van der Waals surface area contributed by atoms with Crippen LogP contribution in [-0.4, -0.2) is 21.9 Å². The maximum Gasteiger partial charge on any atom is 0.307 e. The molecule has 0 aromatic heterocycles. The number of carboxylic acid groups (broad SMARTS) is 1. The van der Waals surface area contributed by atoms with E-state index >= 15 is 0 Å². The number of non-ortho nitro benzene ring substituents is 1. The van der Waals surface area contributed by atoms with Crippen LogP contribution in [0.3, 0.4) is 0 Å². The number of rotatable bonds is 4. The monoisotopic (exact) mass is 304 g/mol. The Hall–Kier alpha value is -2.44. The second-order valence-electron chi connectivity index (χ2n) is 6.02. The number of amides is 1. The smallest absolute Gasteiger partial charge is 0.307 e. The summed E-state index contributed by atoms with van der Waals surface area (Å²) < 4.78 is 0. The van der Waals surface area contributed by atoms with Crippen molar-refractivity contribution in [2.24, 2.45) is 23.7 Å². The van der Waals surface area contributed by atoms with Crippen LogP contribution >= 0.6 is 0 Å². The third kappa shape index (κ3) is 2.43. The summed E-state index contributed by atoms with van der Waals surface area (Å²) in [5, 5.41) is 22.7. The van der Waals surface area contributed by atoms with Crippen LogP contribution in [0.4, 0.5) is 11.4 Å². The summed E-state index contributed by atoms with van der Waals surface area (Å²) in [4.78, 5) is 33.9. The van der Waals surface area contributed by atoms with Gasteiger partial charge in [-0.15, -0.1) is 0 Å². The largest absolute Gasteiger partial charge is 0.481 e. The Kier molecular flexibility index (Phi) is 3.56. The molecule has 1 amide bonds. The molecule has 0 aliphatic heterocycles. The minimum absolute atomic E-state index is 0.0543. The predicted molar refractivity (Wildman–Crippen MR) is 77.2 cm³/mol. The van der Waals surface area contributed by atoms with E-state index in [-0.39, 0.29) is 23.4 Å². The molecule has 2 aliphatic carbocycles. The van der Waals surface area contributed by atoms with E-state index in [9.17, 15) is 24.8 Å². The Morgan fingerprint density at radius 1 is 1.14 bits per heavy atom. The van der Waals surface area contributed by atoms with Gasteiger partial charge < -0.3 is 10.4 Å². The molecule has 0 saturated heterocycles. The highest BCUT2D eigenvalue weighted by molar-refractivity contribution is 5.96. The van der Waals surface area contributed by atoms with Crippen LogP contribution in [-0.2, 0) is 9.59 Å². The number of nitrogens with one attached hydrogen (secondary N) is 1. The van der Waals surface area contributed by atoms with Crippen molar-refractivity contribution in [2.75, 3.05) is 5.32 Å². The van der Waals surface area contributed by atoms with Crippen molar-refractivity contribution in [3.05, 3.63) is 34.4 Å². The molecule has 2 bridgehead atoms. The number of carbonyl (C=O) groups excluding carboxylic acids is 1. The number of carbonyl (C=O) groups is 2. The Morgan fingerprint density at radius 3 is 2.27 bits per heavy atom. The molecule has 7 nitrogen and oxygen atoms in total. The van der Waals surface area contributed by atoms with Gasteiger partial charge in [0, 0.05) is 17.8 Å². The van der Waals surface area contributed by atoms with E-state index in [1.54, 1.807) is 0 Å². The van der Waals surface area contributed by atoms with Gasteiger partial charge >= 0.3 is 5.97 Å². The third-order valence-corrected chi connectivity index (χ3v) is 4.85. The highest BCUT2D eigenvalue weighted by Crippen LogP contribution is 2.52. The summed E-state index contributed by atoms with van der Waals surface area (Å²) >= 11 is 0. The fraction of sp³-hybridized carbons (Fsp3) is 0.467. The molecule has 1 aromatic rings. The van der Waals surface area contributed by atoms with E-state index in [1.165, 1.54) is 24.3 Å². The Bertz CT molecular complexity index is 627. The molecule has 0 heterocycles. The van der Waals surface area contributed by atoms with Gasteiger partial charge in [-0.05, 0) is 43.2 Å². The van der Waals surface area contributed by atoms with Crippen LogP contribution < -0.4 is 5.32 Å². The summed E-state index contributed by atoms with van der Waals surface area (Å²) in [5.74, 6) is -2.10. The molecular weight excluding hydrogens is 288 g/mol. The first-order chi connectivity index (χ1) is 10.5. The summed E-state index contributed by atoms with van der Waals surface area (Å²) in [6.45, 7) is 0. The summed E-state index contributed by atoms with van der Waals surface area (Å²) in [6.07, 6.45) is 2.57. The molecule has 0 radical (unpaired) electrons. The number of hydrogen-bond acceptors (Lipinski definition) is 4. The SMILES string of the molecule is O=C(O)[C@@H]1[C@H]2CC[C@@H](C2)[C@H]1C(=O)Nc1ccc([N+](=O)[O-])cc1. The van der Waals surface area contributed by atoms with Gasteiger partial charge in [0.05, 0.1) is 16.8 Å². The molecule has 22 heavy (non-hydrogen) atoms. The average molecular weight is 304 g/mol. The number of hydrogen-bond donors (Lipinski definition) is 2. The maximum absolute atomic E-state index is 12.4. The van der Waals surface area contributed by atoms with Crippen molar-refractivity contribution in [3.8, 4) is 0 Å². The zero-order valence-electron chi connectivity index (χ0n) is 11.8. The Labute approximate surface area is 126 Å². The molecule has 2 fully saturated rings. The fourth-order valence-electron chi connectivity index (χ4n) is 3.92. The van der Waals surface area contributed by atoms with Crippen LogP contribution in [0, 0.1) is 33.8 Å². The molecule has 1 aromatic carbocycles. The van der Waals surface area contributed by atoms with E-state index in [1.807, 2.05) is 0 Å². The van der Waals surface area contributed by atoms with E-state index < -0.39 is 22.7 Å². The van der Waals surface area contributed by atoms with Gasteiger partial charge in [0.1, 0.15) is 0 Å². The minimum Gasteiger partial charge on any atom is -0.481 e. The number of aliphatic carboxylic acids is 1. The number of anilines is 1. The quantitative estimate of drug-likeness (QED) is 0.655. The first kappa shape index (κ1) is 14.5. The van der Waals surface area contributed by atoms with Gasteiger partial charge in [-0.2, -0.15) is 0 Å². The van der Waals surface area contributed by atoms with Crippen LogP contribution in [0.5, 0.6) is 0 Å². The standard InChI is InChI=1S/C15H16N2O5/c18-14(16-10-3-5-11(6-4-10)17(21)22)12-8-1-2-9(7-8)13(12)15(19)20/h3-6,8-9,12-13H,1-2,7H2,(H,16,18)(H,19,20)/t8-,9-,12+,13+/m0/s1. The van der Waals surface area contributed by atoms with Gasteiger partial charge in [-0.3, -0.25) is 19.7 Å². The highest BCUT2D eigenvalue weighted by Gasteiger charge is 2.53. The van der Waals surface area contributed by atoms with Crippen molar-refractivity contribution < 1.29 is 19.6 Å². The number of nitrogens with zero attached hydrogens (tertiary/aromatic N) is 1. The first-order valence-electron chi connectivity index (χ1n) is 7.25. The summed E-state index contributed by atoms with van der Waals surface area (Å²) in [7, 11) is 0. The lowest BCUT2D eigenvalue weighted by Gasteiger charge is -2.27. The van der Waals surface area contributed by atoms with E-state index in [4.69, 9.17) is 0 Å². The number of benzene rings is 1. The summed E-state index contributed by atoms with van der Waals surface area (Å²) in [5.41, 5.74) is 0.392. The number of carboxylic acids is 1. The van der Waals surface area contributed by atoms with Gasteiger partial charge in [0.15, 0.2) is 0 Å². The highest BCUT2D eigenvalue weighted by atomic mass is 16.6. The maximum atomic E-state index is 12.4. The Morgan fingerprint density at radius 2 is 1.73 bits per heavy atom. The van der Waals surface area contributed by atoms with Crippen molar-refractivity contribution >= 4 is 23.3 Å². The third-order valence-electron chi connectivity index (χ3n) is 4.85. The molecule has 3 rings (SSSR count). The molecule has 2 saturated carbocycles. The molecule has 2 aliphatic rings. The van der Waals surface area contributed by atoms with Crippen LogP contribution in [0.2, 0.25) is 0 Å². The number of nitro benzene ring substituents is 1. The lowest BCUT2D eigenvalue weighted by molar-refractivity contribution is -0.384. The molecular formula is C15H16N2O5.